The second-order valence-corrected chi connectivity index (χ2v) is 10.7. The molecule has 0 unspecified atom stereocenters. The van der Waals surface area contributed by atoms with Crippen LogP contribution in [-0.2, 0) is 20.6 Å². The molecule has 162 valence electrons. The van der Waals surface area contributed by atoms with Crippen LogP contribution in [0.3, 0.4) is 0 Å². The van der Waals surface area contributed by atoms with Crippen molar-refractivity contribution in [1.82, 2.24) is 14.5 Å². The number of hydrogen-bond acceptors (Lipinski definition) is 4. The number of nitrogens with zero attached hydrogens (tertiary/aromatic N) is 2. The van der Waals surface area contributed by atoms with Crippen molar-refractivity contribution in [2.75, 3.05) is 26.2 Å². The zero-order valence-electron chi connectivity index (χ0n) is 17.9. The van der Waals surface area contributed by atoms with E-state index in [0.717, 1.165) is 12.0 Å². The predicted molar refractivity (Wildman–Crippen MR) is 116 cm³/mol. The fourth-order valence-electron chi connectivity index (χ4n) is 4.50. The van der Waals surface area contributed by atoms with Gasteiger partial charge in [0.1, 0.15) is 0 Å². The van der Waals surface area contributed by atoms with Crippen LogP contribution in [0.2, 0.25) is 0 Å². The summed E-state index contributed by atoms with van der Waals surface area (Å²) in [5.41, 5.74) is 0.804. The van der Waals surface area contributed by atoms with E-state index < -0.39 is 10.0 Å². The van der Waals surface area contributed by atoms with Gasteiger partial charge in [-0.1, -0.05) is 57.0 Å². The molecule has 1 saturated carbocycles. The summed E-state index contributed by atoms with van der Waals surface area (Å²) in [6.45, 7) is 8.46. The Kier molecular flexibility index (Phi) is 7.35. The lowest BCUT2D eigenvalue weighted by molar-refractivity contribution is -0.127. The van der Waals surface area contributed by atoms with Crippen LogP contribution >= 0.6 is 0 Å². The molecule has 1 aromatic carbocycles. The van der Waals surface area contributed by atoms with E-state index in [1.54, 1.807) is 4.31 Å². The predicted octanol–water partition coefficient (Wildman–Crippen LogP) is 2.46. The fourth-order valence-corrected chi connectivity index (χ4v) is 6.02. The number of benzene rings is 1. The van der Waals surface area contributed by atoms with Crippen LogP contribution < -0.4 is 5.32 Å². The van der Waals surface area contributed by atoms with Crippen molar-refractivity contribution in [1.29, 1.82) is 0 Å². The maximum Gasteiger partial charge on any atom is 0.237 e. The summed E-state index contributed by atoms with van der Waals surface area (Å²) in [7, 11) is -3.34. The molecule has 6 nitrogen and oxygen atoms in total. The molecular weight excluding hydrogens is 386 g/mol. The largest absolute Gasteiger partial charge is 0.352 e. The number of hydrogen-bond donors (Lipinski definition) is 1. The van der Waals surface area contributed by atoms with E-state index in [0.29, 0.717) is 38.0 Å². The maximum atomic E-state index is 12.8. The molecule has 1 aliphatic heterocycles. The van der Waals surface area contributed by atoms with Gasteiger partial charge in [0.2, 0.25) is 15.9 Å². The number of sulfonamides is 1. The normalized spacial score (nSPS) is 28.0. The summed E-state index contributed by atoms with van der Waals surface area (Å²) in [6, 6.07) is 9.30. The molecule has 0 radical (unpaired) electrons. The molecular formula is C22H35N3O3S. The molecule has 7 heteroatoms. The third kappa shape index (κ3) is 5.58. The first-order valence-corrected chi connectivity index (χ1v) is 12.4. The van der Waals surface area contributed by atoms with Crippen molar-refractivity contribution in [2.24, 2.45) is 11.8 Å². The van der Waals surface area contributed by atoms with Crippen molar-refractivity contribution >= 4 is 15.9 Å². The Morgan fingerprint density at radius 3 is 2.41 bits per heavy atom. The minimum absolute atomic E-state index is 0.0294. The fraction of sp³-hybridized carbons (Fsp3) is 0.682. The third-order valence-electron chi connectivity index (χ3n) is 6.82. The van der Waals surface area contributed by atoms with Crippen LogP contribution in [-0.4, -0.2) is 61.8 Å². The van der Waals surface area contributed by atoms with Gasteiger partial charge in [-0.05, 0) is 30.7 Å². The lowest BCUT2D eigenvalue weighted by Crippen LogP contribution is -2.56. The minimum atomic E-state index is -3.34. The van der Waals surface area contributed by atoms with Gasteiger partial charge in [0.25, 0.3) is 0 Å². The van der Waals surface area contributed by atoms with Crippen LogP contribution in [0.1, 0.15) is 45.6 Å². The zero-order valence-corrected chi connectivity index (χ0v) is 18.7. The average molecular weight is 422 g/mol. The number of rotatable bonds is 6. The topological polar surface area (TPSA) is 69.7 Å². The lowest BCUT2D eigenvalue weighted by Gasteiger charge is -2.39. The molecule has 1 aliphatic carbocycles. The number of amides is 1. The van der Waals surface area contributed by atoms with E-state index in [2.05, 4.69) is 24.1 Å². The van der Waals surface area contributed by atoms with Crippen LogP contribution in [0.4, 0.5) is 0 Å². The van der Waals surface area contributed by atoms with Gasteiger partial charge in [0, 0.05) is 32.2 Å². The highest BCUT2D eigenvalue weighted by atomic mass is 32.2. The zero-order chi connectivity index (χ0) is 21.0. The van der Waals surface area contributed by atoms with Gasteiger partial charge in [-0.2, -0.15) is 4.31 Å². The molecule has 1 N–H and O–H groups in total. The van der Waals surface area contributed by atoms with E-state index in [1.807, 2.05) is 37.3 Å². The standard InChI is InChI=1S/C22H35N3O3S/c1-17-8-7-11-21(18(17)2)23-22(26)19(3)24-12-14-25(15-13-24)29(27,28)16-20-9-5-4-6-10-20/h4-6,9-10,17-19,21H,7-8,11-16H2,1-3H3,(H,23,26)/t17-,18+,19+,21-/m0/s1. The number of nitrogens with one attached hydrogen (secondary N) is 1. The van der Waals surface area contributed by atoms with Gasteiger partial charge in [-0.3, -0.25) is 9.69 Å². The summed E-state index contributed by atoms with van der Waals surface area (Å²) in [5, 5.41) is 3.26. The first-order chi connectivity index (χ1) is 13.8. The monoisotopic (exact) mass is 421 g/mol. The molecule has 3 rings (SSSR count). The van der Waals surface area contributed by atoms with Crippen LogP contribution in [0.5, 0.6) is 0 Å². The quantitative estimate of drug-likeness (QED) is 0.766. The minimum Gasteiger partial charge on any atom is -0.352 e. The first-order valence-electron chi connectivity index (χ1n) is 10.8. The highest BCUT2D eigenvalue weighted by Gasteiger charge is 2.33. The van der Waals surface area contributed by atoms with Crippen LogP contribution in [0.25, 0.3) is 0 Å². The Bertz CT molecular complexity index is 776. The van der Waals surface area contributed by atoms with E-state index in [1.165, 1.54) is 12.8 Å². The Morgan fingerprint density at radius 2 is 1.76 bits per heavy atom. The molecule has 1 amide bonds. The Hall–Kier alpha value is -1.44. The second kappa shape index (κ2) is 9.58. The molecule has 29 heavy (non-hydrogen) atoms. The smallest absolute Gasteiger partial charge is 0.237 e. The highest BCUT2D eigenvalue weighted by molar-refractivity contribution is 7.88. The summed E-state index contributed by atoms with van der Waals surface area (Å²) >= 11 is 0. The number of carbonyl (C=O) groups excluding carboxylic acids is 1. The van der Waals surface area contributed by atoms with Gasteiger partial charge in [0.05, 0.1) is 11.8 Å². The van der Waals surface area contributed by atoms with Crippen LogP contribution in [0, 0.1) is 11.8 Å². The Morgan fingerprint density at radius 1 is 1.10 bits per heavy atom. The molecule has 2 aliphatic rings. The average Bonchev–Trinajstić information content (AvgIpc) is 2.71. The van der Waals surface area contributed by atoms with E-state index in [9.17, 15) is 13.2 Å². The van der Waals surface area contributed by atoms with Crippen molar-refractivity contribution in [2.45, 2.75) is 57.9 Å². The molecule has 0 spiro atoms. The molecule has 1 heterocycles. The summed E-state index contributed by atoms with van der Waals surface area (Å²) in [6.07, 6.45) is 3.46. The van der Waals surface area contributed by atoms with Gasteiger partial charge in [-0.15, -0.1) is 0 Å². The van der Waals surface area contributed by atoms with Crippen molar-refractivity contribution < 1.29 is 13.2 Å². The number of carbonyl (C=O) groups is 1. The summed E-state index contributed by atoms with van der Waals surface area (Å²) in [5.74, 6) is 1.24. The van der Waals surface area contributed by atoms with E-state index in [-0.39, 0.29) is 23.7 Å². The maximum absolute atomic E-state index is 12.8. The van der Waals surface area contributed by atoms with Gasteiger partial charge in [0.15, 0.2) is 0 Å². The van der Waals surface area contributed by atoms with E-state index >= 15 is 0 Å². The van der Waals surface area contributed by atoms with Crippen molar-refractivity contribution in [3.8, 4) is 0 Å². The molecule has 4 atom stereocenters. The molecule has 0 bridgehead atoms. The summed E-state index contributed by atoms with van der Waals surface area (Å²) in [4.78, 5) is 14.9. The van der Waals surface area contributed by atoms with Gasteiger partial charge >= 0.3 is 0 Å². The lowest BCUT2D eigenvalue weighted by atomic mass is 9.78. The third-order valence-corrected chi connectivity index (χ3v) is 8.67. The van der Waals surface area contributed by atoms with Gasteiger partial charge < -0.3 is 5.32 Å². The SMILES string of the molecule is C[C@H]1[C@@H](NC(=O)[C@@H](C)N2CCN(S(=O)(=O)Cc3ccccc3)CC2)CCC[C@@H]1C. The molecule has 0 aromatic heterocycles. The molecule has 1 saturated heterocycles. The van der Waals surface area contributed by atoms with Gasteiger partial charge in [-0.25, -0.2) is 8.42 Å². The molecule has 1 aromatic rings. The second-order valence-electron chi connectivity index (χ2n) is 8.74. The Labute approximate surface area is 175 Å². The number of piperazine rings is 1. The summed E-state index contributed by atoms with van der Waals surface area (Å²) < 4.78 is 27.0. The first kappa shape index (κ1) is 22.2. The van der Waals surface area contributed by atoms with Crippen molar-refractivity contribution in [3.05, 3.63) is 35.9 Å². The molecule has 2 fully saturated rings. The van der Waals surface area contributed by atoms with E-state index in [4.69, 9.17) is 0 Å². The van der Waals surface area contributed by atoms with Crippen LogP contribution in [0.15, 0.2) is 30.3 Å². The van der Waals surface area contributed by atoms with Crippen molar-refractivity contribution in [3.63, 3.8) is 0 Å². The Balaban J connectivity index is 1.51. The highest BCUT2D eigenvalue weighted by Crippen LogP contribution is 2.29.